The van der Waals surface area contributed by atoms with Crippen LogP contribution in [0.25, 0.3) is 0 Å². The summed E-state index contributed by atoms with van der Waals surface area (Å²) in [6.45, 7) is 5.26. The Labute approximate surface area is 146 Å². The van der Waals surface area contributed by atoms with E-state index < -0.39 is 0 Å². The van der Waals surface area contributed by atoms with Gasteiger partial charge in [0.2, 0.25) is 5.91 Å². The normalized spacial score (nSPS) is 16.0. The highest BCUT2D eigenvalue weighted by atomic mass is 32.1. The molecule has 0 spiro atoms. The Kier molecular flexibility index (Phi) is 5.85. The van der Waals surface area contributed by atoms with Crippen molar-refractivity contribution < 1.29 is 9.53 Å². The number of carbonyl (C=O) groups is 1. The first-order valence-electron chi connectivity index (χ1n) is 8.13. The molecule has 0 saturated carbocycles. The summed E-state index contributed by atoms with van der Waals surface area (Å²) in [5, 5.41) is 7.26. The van der Waals surface area contributed by atoms with Crippen molar-refractivity contribution in [2.45, 2.75) is 6.54 Å². The lowest BCUT2D eigenvalue weighted by atomic mass is 10.2. The average Bonchev–Trinajstić information content (AvgIpc) is 3.10. The number of hydrogen-bond acceptors (Lipinski definition) is 5. The molecule has 6 heteroatoms. The quantitative estimate of drug-likeness (QED) is 0.874. The molecule has 5 nitrogen and oxygen atoms in total. The van der Waals surface area contributed by atoms with Crippen molar-refractivity contribution in [3.05, 3.63) is 46.7 Å². The zero-order valence-corrected chi connectivity index (χ0v) is 14.7. The molecule has 2 aromatic rings. The molecule has 1 saturated heterocycles. The molecule has 0 atom stereocenters. The highest BCUT2D eigenvalue weighted by Gasteiger charge is 2.19. The first-order valence-corrected chi connectivity index (χ1v) is 9.07. The van der Waals surface area contributed by atoms with Crippen LogP contribution in [0.3, 0.4) is 0 Å². The van der Waals surface area contributed by atoms with Crippen LogP contribution in [0.15, 0.2) is 41.1 Å². The summed E-state index contributed by atoms with van der Waals surface area (Å²) in [5.74, 6) is 0.692. The van der Waals surface area contributed by atoms with Gasteiger partial charge in [-0.1, -0.05) is 12.1 Å². The maximum atomic E-state index is 12.3. The molecule has 2 heterocycles. The Bertz CT molecular complexity index is 652. The third-order valence-corrected chi connectivity index (χ3v) is 4.93. The topological polar surface area (TPSA) is 44.8 Å². The molecule has 1 amide bonds. The fourth-order valence-corrected chi connectivity index (χ4v) is 3.55. The number of anilines is 1. The Balaban J connectivity index is 1.44. The molecule has 0 unspecified atom stereocenters. The van der Waals surface area contributed by atoms with Gasteiger partial charge in [-0.05, 0) is 34.5 Å². The van der Waals surface area contributed by atoms with Crippen molar-refractivity contribution in [2.75, 3.05) is 45.2 Å². The van der Waals surface area contributed by atoms with Crippen LogP contribution in [0.2, 0.25) is 0 Å². The third-order valence-electron chi connectivity index (χ3n) is 4.20. The Morgan fingerprint density at radius 2 is 1.92 bits per heavy atom. The summed E-state index contributed by atoms with van der Waals surface area (Å²) in [6.07, 6.45) is 0. The van der Waals surface area contributed by atoms with Crippen LogP contribution in [0.1, 0.15) is 5.56 Å². The number of piperazine rings is 1. The zero-order chi connectivity index (χ0) is 16.8. The van der Waals surface area contributed by atoms with E-state index in [1.165, 1.54) is 5.56 Å². The molecule has 1 fully saturated rings. The maximum Gasteiger partial charge on any atom is 0.238 e. The average molecular weight is 345 g/mol. The summed E-state index contributed by atoms with van der Waals surface area (Å²) in [6, 6.07) is 9.66. The van der Waals surface area contributed by atoms with Crippen molar-refractivity contribution in [3.8, 4) is 5.75 Å². The predicted molar refractivity (Wildman–Crippen MR) is 97.7 cm³/mol. The molecule has 0 aliphatic carbocycles. The minimum atomic E-state index is 0.00536. The predicted octanol–water partition coefficient (Wildman–Crippen LogP) is 2.51. The van der Waals surface area contributed by atoms with Crippen LogP contribution in [0.4, 0.5) is 5.69 Å². The number of methoxy groups -OCH3 is 1. The van der Waals surface area contributed by atoms with Gasteiger partial charge >= 0.3 is 0 Å². The summed E-state index contributed by atoms with van der Waals surface area (Å²) >= 11 is 1.74. The zero-order valence-electron chi connectivity index (χ0n) is 13.9. The van der Waals surface area contributed by atoms with E-state index in [0.717, 1.165) is 38.4 Å². The van der Waals surface area contributed by atoms with Gasteiger partial charge in [-0.25, -0.2) is 0 Å². The van der Waals surface area contributed by atoms with Crippen LogP contribution in [-0.4, -0.2) is 55.5 Å². The number of rotatable bonds is 6. The number of carbonyl (C=O) groups excluding carboxylic acids is 1. The van der Waals surface area contributed by atoms with Crippen molar-refractivity contribution in [2.24, 2.45) is 0 Å². The van der Waals surface area contributed by atoms with E-state index in [-0.39, 0.29) is 5.91 Å². The summed E-state index contributed by atoms with van der Waals surface area (Å²) < 4.78 is 5.27. The number of para-hydroxylation sites is 2. The van der Waals surface area contributed by atoms with E-state index in [9.17, 15) is 4.79 Å². The molecule has 1 aromatic heterocycles. The lowest BCUT2D eigenvalue weighted by Crippen LogP contribution is -2.48. The second-order valence-corrected chi connectivity index (χ2v) is 6.71. The second-order valence-electron chi connectivity index (χ2n) is 5.93. The number of benzene rings is 1. The first kappa shape index (κ1) is 17.0. The van der Waals surface area contributed by atoms with Crippen LogP contribution in [0, 0.1) is 0 Å². The van der Waals surface area contributed by atoms with Crippen LogP contribution < -0.4 is 10.1 Å². The van der Waals surface area contributed by atoms with Gasteiger partial charge in [0.15, 0.2) is 0 Å². The molecule has 1 aliphatic heterocycles. The number of thiophene rings is 1. The Morgan fingerprint density at radius 3 is 2.62 bits per heavy atom. The molecule has 1 aliphatic rings. The summed E-state index contributed by atoms with van der Waals surface area (Å²) in [4.78, 5) is 16.9. The smallest absolute Gasteiger partial charge is 0.238 e. The summed E-state index contributed by atoms with van der Waals surface area (Å²) in [7, 11) is 1.61. The van der Waals surface area contributed by atoms with Gasteiger partial charge < -0.3 is 10.1 Å². The van der Waals surface area contributed by atoms with Gasteiger partial charge in [-0.2, -0.15) is 11.3 Å². The van der Waals surface area contributed by atoms with E-state index in [1.54, 1.807) is 18.4 Å². The van der Waals surface area contributed by atoms with Crippen LogP contribution >= 0.6 is 11.3 Å². The van der Waals surface area contributed by atoms with Crippen molar-refractivity contribution in [1.29, 1.82) is 0 Å². The van der Waals surface area contributed by atoms with Gasteiger partial charge in [0, 0.05) is 32.7 Å². The molecule has 0 radical (unpaired) electrons. The van der Waals surface area contributed by atoms with Gasteiger partial charge in [0.25, 0.3) is 0 Å². The first-order chi connectivity index (χ1) is 11.7. The number of nitrogens with one attached hydrogen (secondary N) is 1. The number of ether oxygens (including phenoxy) is 1. The van der Waals surface area contributed by atoms with Gasteiger partial charge in [-0.3, -0.25) is 14.6 Å². The SMILES string of the molecule is COc1ccccc1NC(=O)CN1CCN(Cc2ccsc2)CC1. The van der Waals surface area contributed by atoms with E-state index in [1.807, 2.05) is 24.3 Å². The Hall–Kier alpha value is -1.89. The van der Waals surface area contributed by atoms with E-state index in [2.05, 4.69) is 31.9 Å². The van der Waals surface area contributed by atoms with Gasteiger partial charge in [-0.15, -0.1) is 0 Å². The highest BCUT2D eigenvalue weighted by Crippen LogP contribution is 2.22. The molecule has 1 aromatic carbocycles. The van der Waals surface area contributed by atoms with Crippen molar-refractivity contribution in [1.82, 2.24) is 9.80 Å². The van der Waals surface area contributed by atoms with E-state index in [0.29, 0.717) is 12.3 Å². The molecule has 128 valence electrons. The minimum Gasteiger partial charge on any atom is -0.495 e. The maximum absolute atomic E-state index is 12.3. The number of nitrogens with zero attached hydrogens (tertiary/aromatic N) is 2. The fraction of sp³-hybridized carbons (Fsp3) is 0.389. The van der Waals surface area contributed by atoms with E-state index in [4.69, 9.17) is 4.74 Å². The second kappa shape index (κ2) is 8.28. The Morgan fingerprint density at radius 1 is 1.17 bits per heavy atom. The van der Waals surface area contributed by atoms with Crippen molar-refractivity contribution >= 4 is 22.9 Å². The molecular weight excluding hydrogens is 322 g/mol. The van der Waals surface area contributed by atoms with E-state index >= 15 is 0 Å². The summed E-state index contributed by atoms with van der Waals surface area (Å²) in [5.41, 5.74) is 2.10. The molecular formula is C18H23N3O2S. The lowest BCUT2D eigenvalue weighted by molar-refractivity contribution is -0.117. The van der Waals surface area contributed by atoms with Crippen molar-refractivity contribution in [3.63, 3.8) is 0 Å². The molecule has 0 bridgehead atoms. The number of hydrogen-bond donors (Lipinski definition) is 1. The molecule has 1 N–H and O–H groups in total. The van der Waals surface area contributed by atoms with Crippen LogP contribution in [0.5, 0.6) is 5.75 Å². The minimum absolute atomic E-state index is 0.00536. The largest absolute Gasteiger partial charge is 0.495 e. The van der Waals surface area contributed by atoms with Crippen LogP contribution in [-0.2, 0) is 11.3 Å². The fourth-order valence-electron chi connectivity index (χ4n) is 2.89. The monoisotopic (exact) mass is 345 g/mol. The molecule has 24 heavy (non-hydrogen) atoms. The third kappa shape index (κ3) is 4.56. The number of amides is 1. The van der Waals surface area contributed by atoms with Gasteiger partial charge in [0.1, 0.15) is 5.75 Å². The van der Waals surface area contributed by atoms with Gasteiger partial charge in [0.05, 0.1) is 19.3 Å². The molecule has 3 rings (SSSR count). The highest BCUT2D eigenvalue weighted by molar-refractivity contribution is 7.07. The lowest BCUT2D eigenvalue weighted by Gasteiger charge is -2.34. The standard InChI is InChI=1S/C18H23N3O2S/c1-23-17-5-3-2-4-16(17)19-18(22)13-21-9-7-20(8-10-21)12-15-6-11-24-14-15/h2-6,11,14H,7-10,12-13H2,1H3,(H,19,22).